The van der Waals surface area contributed by atoms with E-state index in [1.807, 2.05) is 19.1 Å². The summed E-state index contributed by atoms with van der Waals surface area (Å²) in [6, 6.07) is 8.58. The van der Waals surface area contributed by atoms with Crippen LogP contribution < -0.4 is 16.4 Å². The minimum Gasteiger partial charge on any atom is -0.396 e. The third kappa shape index (κ3) is 2.95. The third-order valence-corrected chi connectivity index (χ3v) is 4.05. The molecule has 0 amide bonds. The van der Waals surface area contributed by atoms with Crippen molar-refractivity contribution in [3.05, 3.63) is 60.2 Å². The summed E-state index contributed by atoms with van der Waals surface area (Å²) in [5.41, 5.74) is 10.5. The molecule has 0 saturated heterocycles. The Kier molecular flexibility index (Phi) is 4.38. The molecular formula is C20H23N3. The minimum absolute atomic E-state index is 0.190. The second-order valence-corrected chi connectivity index (χ2v) is 5.75. The van der Waals surface area contributed by atoms with Gasteiger partial charge in [0, 0.05) is 28.9 Å². The van der Waals surface area contributed by atoms with Crippen molar-refractivity contribution in [2.24, 2.45) is 0 Å². The van der Waals surface area contributed by atoms with E-state index in [0.717, 1.165) is 34.6 Å². The Morgan fingerprint density at radius 2 is 2.00 bits per heavy atom. The average molecular weight is 305 g/mol. The first-order valence-corrected chi connectivity index (χ1v) is 8.03. The average Bonchev–Trinajstić information content (AvgIpc) is 2.59. The molecule has 0 spiro atoms. The number of benzene rings is 2. The van der Waals surface area contributed by atoms with Gasteiger partial charge in [-0.3, -0.25) is 0 Å². The monoisotopic (exact) mass is 305 g/mol. The van der Waals surface area contributed by atoms with Crippen molar-refractivity contribution >= 4 is 33.9 Å². The van der Waals surface area contributed by atoms with Gasteiger partial charge < -0.3 is 16.4 Å². The van der Waals surface area contributed by atoms with Crippen molar-refractivity contribution < 1.29 is 0 Å². The zero-order valence-electron chi connectivity index (χ0n) is 13.6. The molecule has 2 aromatic rings. The molecule has 1 aliphatic heterocycles. The molecule has 1 atom stereocenters. The summed E-state index contributed by atoms with van der Waals surface area (Å²) in [6.07, 6.45) is 12.4. The molecule has 23 heavy (non-hydrogen) atoms. The maximum atomic E-state index is 6.48. The van der Waals surface area contributed by atoms with Gasteiger partial charge in [0.1, 0.15) is 0 Å². The molecule has 0 radical (unpaired) electrons. The van der Waals surface area contributed by atoms with Gasteiger partial charge in [-0.05, 0) is 13.8 Å². The Bertz CT molecular complexity index is 800. The molecule has 1 unspecified atom stereocenters. The summed E-state index contributed by atoms with van der Waals surface area (Å²) in [5.74, 6) is 0. The van der Waals surface area contributed by atoms with Crippen LogP contribution in [-0.4, -0.2) is 12.6 Å². The first-order valence-electron chi connectivity index (χ1n) is 8.03. The van der Waals surface area contributed by atoms with Gasteiger partial charge in [-0.2, -0.15) is 0 Å². The van der Waals surface area contributed by atoms with Gasteiger partial charge >= 0.3 is 0 Å². The molecule has 4 N–H and O–H groups in total. The van der Waals surface area contributed by atoms with Crippen LogP contribution in [0.4, 0.5) is 17.1 Å². The van der Waals surface area contributed by atoms with E-state index in [0.29, 0.717) is 0 Å². The van der Waals surface area contributed by atoms with Crippen LogP contribution in [0.1, 0.15) is 19.4 Å². The molecule has 0 saturated carbocycles. The van der Waals surface area contributed by atoms with E-state index in [4.69, 9.17) is 5.73 Å². The lowest BCUT2D eigenvalue weighted by Gasteiger charge is -2.23. The van der Waals surface area contributed by atoms with Gasteiger partial charge in [0.25, 0.3) is 0 Å². The molecule has 1 aliphatic rings. The van der Waals surface area contributed by atoms with Gasteiger partial charge in [0.2, 0.25) is 0 Å². The van der Waals surface area contributed by atoms with Gasteiger partial charge in [0.15, 0.2) is 0 Å². The Morgan fingerprint density at radius 3 is 2.78 bits per heavy atom. The lowest BCUT2D eigenvalue weighted by atomic mass is 9.97. The van der Waals surface area contributed by atoms with E-state index >= 15 is 0 Å². The highest BCUT2D eigenvalue weighted by atomic mass is 14.9. The van der Waals surface area contributed by atoms with Crippen molar-refractivity contribution in [1.82, 2.24) is 0 Å². The summed E-state index contributed by atoms with van der Waals surface area (Å²) >= 11 is 0. The normalized spacial score (nSPS) is 15.0. The van der Waals surface area contributed by atoms with Crippen LogP contribution in [0.15, 0.2) is 54.6 Å². The van der Waals surface area contributed by atoms with E-state index in [-0.39, 0.29) is 6.04 Å². The first kappa shape index (κ1) is 15.2. The zero-order valence-corrected chi connectivity index (χ0v) is 13.6. The van der Waals surface area contributed by atoms with Crippen molar-refractivity contribution in [2.75, 3.05) is 22.9 Å². The Balaban J connectivity index is 2.10. The maximum absolute atomic E-state index is 6.48. The van der Waals surface area contributed by atoms with Crippen LogP contribution in [0.5, 0.6) is 0 Å². The maximum Gasteiger partial charge on any atom is 0.0665 e. The highest BCUT2D eigenvalue weighted by Crippen LogP contribution is 2.41. The molecule has 2 aromatic carbocycles. The number of hydrogen-bond donors (Lipinski definition) is 3. The topological polar surface area (TPSA) is 50.1 Å². The van der Waals surface area contributed by atoms with Crippen molar-refractivity contribution in [3.63, 3.8) is 0 Å². The zero-order chi connectivity index (χ0) is 16.2. The highest BCUT2D eigenvalue weighted by Gasteiger charge is 2.17. The number of hydrogen-bond acceptors (Lipinski definition) is 3. The smallest absolute Gasteiger partial charge is 0.0665 e. The number of nitrogens with one attached hydrogen (secondary N) is 2. The predicted octanol–water partition coefficient (Wildman–Crippen LogP) is 4.79. The number of nitrogens with two attached hydrogens (primary N) is 1. The van der Waals surface area contributed by atoms with Crippen LogP contribution in [0.2, 0.25) is 0 Å². The second-order valence-electron chi connectivity index (χ2n) is 5.75. The van der Waals surface area contributed by atoms with Gasteiger partial charge in [0.05, 0.1) is 17.1 Å². The molecule has 0 aliphatic carbocycles. The molecule has 3 heteroatoms. The summed E-state index contributed by atoms with van der Waals surface area (Å²) in [4.78, 5) is 0. The van der Waals surface area contributed by atoms with Crippen LogP contribution in [0, 0.1) is 0 Å². The number of rotatable bonds is 4. The minimum atomic E-state index is 0.190. The fraction of sp³-hybridized carbons (Fsp3) is 0.200. The fourth-order valence-electron chi connectivity index (χ4n) is 2.95. The van der Waals surface area contributed by atoms with Crippen LogP contribution in [-0.2, 0) is 0 Å². The highest BCUT2D eigenvalue weighted by molar-refractivity contribution is 6.11. The van der Waals surface area contributed by atoms with Crippen molar-refractivity contribution in [2.45, 2.75) is 19.9 Å². The van der Waals surface area contributed by atoms with E-state index in [1.54, 1.807) is 0 Å². The van der Waals surface area contributed by atoms with Crippen LogP contribution in [0.25, 0.3) is 16.8 Å². The molecular weight excluding hydrogens is 282 g/mol. The second kappa shape index (κ2) is 6.61. The fourth-order valence-corrected chi connectivity index (χ4v) is 2.95. The molecule has 0 aromatic heterocycles. The Hall–Kier alpha value is -2.68. The molecule has 118 valence electrons. The number of allylic oxidation sites excluding steroid dienone is 3. The van der Waals surface area contributed by atoms with Crippen LogP contribution >= 0.6 is 0 Å². The molecule has 0 fully saturated rings. The van der Waals surface area contributed by atoms with Gasteiger partial charge in [-0.25, -0.2) is 0 Å². The number of nitrogen functional groups attached to an aromatic ring is 1. The summed E-state index contributed by atoms with van der Waals surface area (Å²) in [6.45, 7) is 4.98. The summed E-state index contributed by atoms with van der Waals surface area (Å²) < 4.78 is 0. The van der Waals surface area contributed by atoms with Crippen LogP contribution in [0.3, 0.4) is 0 Å². The lowest BCUT2D eigenvalue weighted by Crippen LogP contribution is -2.16. The van der Waals surface area contributed by atoms with E-state index in [9.17, 15) is 0 Å². The molecule has 1 heterocycles. The number of anilines is 3. The number of fused-ring (bicyclic) bond motifs is 3. The first-order chi connectivity index (χ1) is 11.2. The summed E-state index contributed by atoms with van der Waals surface area (Å²) in [5, 5.41) is 9.36. The molecule has 3 nitrogen and oxygen atoms in total. The Morgan fingerprint density at radius 1 is 1.22 bits per heavy atom. The van der Waals surface area contributed by atoms with E-state index in [2.05, 4.69) is 66.1 Å². The predicted molar refractivity (Wildman–Crippen MR) is 103 cm³/mol. The van der Waals surface area contributed by atoms with Gasteiger partial charge in [-0.1, -0.05) is 60.7 Å². The SMILES string of the molecule is C/C=C\C=C/C(C)Nc1c(N)c2c(c3ccccc13)NCC=C2. The third-order valence-electron chi connectivity index (χ3n) is 4.05. The largest absolute Gasteiger partial charge is 0.396 e. The van der Waals surface area contributed by atoms with E-state index < -0.39 is 0 Å². The molecule has 3 rings (SSSR count). The van der Waals surface area contributed by atoms with Crippen molar-refractivity contribution in [1.29, 1.82) is 0 Å². The molecule has 0 bridgehead atoms. The van der Waals surface area contributed by atoms with Crippen molar-refractivity contribution in [3.8, 4) is 0 Å². The Labute approximate surface area is 137 Å². The summed E-state index contributed by atoms with van der Waals surface area (Å²) in [7, 11) is 0. The quantitative estimate of drug-likeness (QED) is 0.432. The standard InChI is InChI=1S/C20H23N3/c1-3-4-5-9-14(2)23-20-16-11-7-6-10-15(16)19-17(18(20)21)12-8-13-22-19/h3-12,14,22-23H,13,21H2,1-2H3/b4-3-,9-5-. The lowest BCUT2D eigenvalue weighted by molar-refractivity contribution is 1.00. The van der Waals surface area contributed by atoms with Gasteiger partial charge in [-0.15, -0.1) is 0 Å². The van der Waals surface area contributed by atoms with E-state index in [1.165, 1.54) is 5.39 Å².